The van der Waals surface area contributed by atoms with Crippen molar-refractivity contribution in [2.24, 2.45) is 0 Å². The minimum Gasteiger partial charge on any atom is -0.439 e. The molecule has 1 N–H and O–H groups in total. The Balaban J connectivity index is 2.10. The number of rotatable bonds is 1. The van der Waals surface area contributed by atoms with E-state index >= 15 is 0 Å². The Morgan fingerprint density at radius 1 is 1.41 bits per heavy atom. The van der Waals surface area contributed by atoms with E-state index < -0.39 is 0 Å². The van der Waals surface area contributed by atoms with Gasteiger partial charge in [-0.25, -0.2) is 4.98 Å². The minimum absolute atomic E-state index is 0.317. The van der Waals surface area contributed by atoms with E-state index in [4.69, 9.17) is 27.6 Å². The van der Waals surface area contributed by atoms with Crippen molar-refractivity contribution >= 4 is 34.3 Å². The van der Waals surface area contributed by atoms with Crippen LogP contribution in [-0.4, -0.2) is 17.6 Å². The largest absolute Gasteiger partial charge is 0.439 e. The number of nitrogens with one attached hydrogen (secondary N) is 1. The van der Waals surface area contributed by atoms with Crippen molar-refractivity contribution in [2.75, 3.05) is 6.54 Å². The zero-order valence-corrected chi connectivity index (χ0v) is 10.8. The normalized spacial score (nSPS) is 24.6. The van der Waals surface area contributed by atoms with Gasteiger partial charge in [-0.2, -0.15) is 0 Å². The molecule has 1 aromatic heterocycles. The van der Waals surface area contributed by atoms with E-state index in [1.54, 1.807) is 12.1 Å². The Hall–Kier alpha value is -0.770. The van der Waals surface area contributed by atoms with Crippen LogP contribution in [0.4, 0.5) is 0 Å². The number of fused-ring (bicyclic) bond motifs is 1. The lowest BCUT2D eigenvalue weighted by atomic mass is 10.0. The summed E-state index contributed by atoms with van der Waals surface area (Å²) in [5, 5.41) is 4.48. The molecule has 1 fully saturated rings. The lowest BCUT2D eigenvalue weighted by molar-refractivity contribution is 0.447. The quantitative estimate of drug-likeness (QED) is 0.861. The molecule has 1 aromatic carbocycles. The van der Waals surface area contributed by atoms with E-state index in [0.29, 0.717) is 27.6 Å². The van der Waals surface area contributed by atoms with Crippen molar-refractivity contribution in [1.82, 2.24) is 10.3 Å². The van der Waals surface area contributed by atoms with Gasteiger partial charge in [0.2, 0.25) is 0 Å². The molecule has 0 radical (unpaired) electrons. The number of benzene rings is 1. The maximum Gasteiger partial charge on any atom is 0.200 e. The van der Waals surface area contributed by atoms with Gasteiger partial charge in [-0.1, -0.05) is 23.2 Å². The smallest absolute Gasteiger partial charge is 0.200 e. The van der Waals surface area contributed by atoms with E-state index in [9.17, 15) is 0 Å². The summed E-state index contributed by atoms with van der Waals surface area (Å²) >= 11 is 12.0. The second-order valence-corrected chi connectivity index (χ2v) is 5.27. The highest BCUT2D eigenvalue weighted by Crippen LogP contribution is 2.33. The van der Waals surface area contributed by atoms with Crippen LogP contribution in [0.25, 0.3) is 11.1 Å². The first-order valence-electron chi connectivity index (χ1n) is 5.64. The maximum atomic E-state index is 6.08. The van der Waals surface area contributed by atoms with Crippen molar-refractivity contribution in [3.05, 3.63) is 28.1 Å². The molecule has 5 heteroatoms. The van der Waals surface area contributed by atoms with Crippen molar-refractivity contribution in [1.29, 1.82) is 0 Å². The Labute approximate surface area is 109 Å². The summed E-state index contributed by atoms with van der Waals surface area (Å²) in [4.78, 5) is 4.49. The summed E-state index contributed by atoms with van der Waals surface area (Å²) in [7, 11) is 0. The lowest BCUT2D eigenvalue weighted by Gasteiger charge is -2.09. The Morgan fingerprint density at radius 2 is 2.24 bits per heavy atom. The molecule has 2 aromatic rings. The topological polar surface area (TPSA) is 38.1 Å². The van der Waals surface area contributed by atoms with E-state index in [-0.39, 0.29) is 0 Å². The van der Waals surface area contributed by atoms with Crippen LogP contribution in [0, 0.1) is 0 Å². The maximum absolute atomic E-state index is 6.08. The van der Waals surface area contributed by atoms with Crippen LogP contribution < -0.4 is 5.32 Å². The SMILES string of the molecule is CC1NCCC1c1nc2cc(Cl)cc(Cl)c2o1. The Kier molecular flexibility index (Phi) is 2.77. The molecule has 3 rings (SSSR count). The van der Waals surface area contributed by atoms with Gasteiger partial charge < -0.3 is 9.73 Å². The van der Waals surface area contributed by atoms with Crippen LogP contribution in [0.1, 0.15) is 25.2 Å². The van der Waals surface area contributed by atoms with Gasteiger partial charge in [0.25, 0.3) is 0 Å². The van der Waals surface area contributed by atoms with Gasteiger partial charge in [0.05, 0.1) is 10.9 Å². The molecule has 2 heterocycles. The Morgan fingerprint density at radius 3 is 2.94 bits per heavy atom. The molecule has 0 bridgehead atoms. The highest BCUT2D eigenvalue weighted by atomic mass is 35.5. The predicted molar refractivity (Wildman–Crippen MR) is 68.9 cm³/mol. The third-order valence-electron chi connectivity index (χ3n) is 3.27. The first kappa shape index (κ1) is 11.3. The highest BCUT2D eigenvalue weighted by Gasteiger charge is 2.29. The predicted octanol–water partition coefficient (Wildman–Crippen LogP) is 3.60. The molecule has 90 valence electrons. The highest BCUT2D eigenvalue weighted by molar-refractivity contribution is 6.37. The van der Waals surface area contributed by atoms with Gasteiger partial charge in [-0.3, -0.25) is 0 Å². The standard InChI is InChI=1S/C12H12Cl2N2O/c1-6-8(2-3-15-6)12-16-10-5-7(13)4-9(14)11(10)17-12/h4-6,8,15H,2-3H2,1H3. The molecule has 1 saturated heterocycles. The lowest BCUT2D eigenvalue weighted by Crippen LogP contribution is -2.21. The summed E-state index contributed by atoms with van der Waals surface area (Å²) in [6, 6.07) is 3.84. The second-order valence-electron chi connectivity index (χ2n) is 4.43. The Bertz CT molecular complexity index is 567. The molecule has 0 saturated carbocycles. The molecular weight excluding hydrogens is 259 g/mol. The monoisotopic (exact) mass is 270 g/mol. The molecular formula is C12H12Cl2N2O. The minimum atomic E-state index is 0.317. The molecule has 3 nitrogen and oxygen atoms in total. The fourth-order valence-corrected chi connectivity index (χ4v) is 2.85. The van der Waals surface area contributed by atoms with Crippen LogP contribution >= 0.6 is 23.2 Å². The number of nitrogens with zero attached hydrogens (tertiary/aromatic N) is 1. The fraction of sp³-hybridized carbons (Fsp3) is 0.417. The van der Waals surface area contributed by atoms with Gasteiger partial charge in [0, 0.05) is 11.1 Å². The van der Waals surface area contributed by atoms with Crippen LogP contribution in [0.3, 0.4) is 0 Å². The number of halogens is 2. The van der Waals surface area contributed by atoms with Crippen LogP contribution in [0.2, 0.25) is 10.0 Å². The van der Waals surface area contributed by atoms with Crippen LogP contribution in [-0.2, 0) is 0 Å². The first-order chi connectivity index (χ1) is 8.15. The van der Waals surface area contributed by atoms with Crippen molar-refractivity contribution in [3.63, 3.8) is 0 Å². The average molecular weight is 271 g/mol. The molecule has 0 spiro atoms. The van der Waals surface area contributed by atoms with Crippen LogP contribution in [0.5, 0.6) is 0 Å². The summed E-state index contributed by atoms with van der Waals surface area (Å²) in [5.74, 6) is 1.07. The van der Waals surface area contributed by atoms with Crippen molar-refractivity contribution < 1.29 is 4.42 Å². The molecule has 1 aliphatic rings. The fourth-order valence-electron chi connectivity index (χ4n) is 2.33. The third kappa shape index (κ3) is 1.92. The molecule has 2 unspecified atom stereocenters. The van der Waals surface area contributed by atoms with Gasteiger partial charge in [0.15, 0.2) is 11.5 Å². The summed E-state index contributed by atoms with van der Waals surface area (Å²) in [5.41, 5.74) is 1.36. The van der Waals surface area contributed by atoms with Gasteiger partial charge >= 0.3 is 0 Å². The summed E-state index contributed by atoms with van der Waals surface area (Å²) < 4.78 is 5.77. The van der Waals surface area contributed by atoms with Gasteiger partial charge in [0.1, 0.15) is 5.52 Å². The van der Waals surface area contributed by atoms with E-state index in [2.05, 4.69) is 17.2 Å². The number of hydrogen-bond donors (Lipinski definition) is 1. The van der Waals surface area contributed by atoms with Crippen molar-refractivity contribution in [3.8, 4) is 0 Å². The zero-order valence-electron chi connectivity index (χ0n) is 9.34. The zero-order chi connectivity index (χ0) is 12.0. The number of aromatic nitrogens is 1. The summed E-state index contributed by atoms with van der Waals surface area (Å²) in [6.45, 7) is 3.14. The van der Waals surface area contributed by atoms with Gasteiger partial charge in [-0.15, -0.1) is 0 Å². The number of oxazole rings is 1. The first-order valence-corrected chi connectivity index (χ1v) is 6.39. The average Bonchev–Trinajstić information content (AvgIpc) is 2.83. The van der Waals surface area contributed by atoms with Crippen molar-refractivity contribution in [2.45, 2.75) is 25.3 Å². The third-order valence-corrected chi connectivity index (χ3v) is 3.77. The molecule has 2 atom stereocenters. The van der Waals surface area contributed by atoms with E-state index in [1.807, 2.05) is 0 Å². The number of hydrogen-bond acceptors (Lipinski definition) is 3. The molecule has 17 heavy (non-hydrogen) atoms. The second kappa shape index (κ2) is 4.16. The van der Waals surface area contributed by atoms with E-state index in [0.717, 1.165) is 24.4 Å². The van der Waals surface area contributed by atoms with E-state index in [1.165, 1.54) is 0 Å². The summed E-state index contributed by atoms with van der Waals surface area (Å²) in [6.07, 6.45) is 1.04. The van der Waals surface area contributed by atoms with Gasteiger partial charge in [-0.05, 0) is 32.0 Å². The molecule has 0 aliphatic carbocycles. The molecule has 1 aliphatic heterocycles. The molecule has 0 amide bonds. The van der Waals surface area contributed by atoms with Crippen LogP contribution in [0.15, 0.2) is 16.5 Å².